The Morgan fingerprint density at radius 1 is 1.33 bits per heavy atom. The van der Waals surface area contributed by atoms with E-state index in [0.717, 1.165) is 11.3 Å². The summed E-state index contributed by atoms with van der Waals surface area (Å²) in [4.78, 5) is 22.6. The standard InChI is InChI=1S/C14H12N4O2S/c1-9-2-3-12(20-9)18-7-11(13(19)17-14(18)21)4-10-5-15-8-16-6-10/h2-3,5-8H,4H2,1H3,(H,17,19,21). The van der Waals surface area contributed by atoms with E-state index in [1.807, 2.05) is 13.0 Å². The Balaban J connectivity index is 2.06. The van der Waals surface area contributed by atoms with Gasteiger partial charge in [-0.15, -0.1) is 0 Å². The highest BCUT2D eigenvalue weighted by Crippen LogP contribution is 2.13. The van der Waals surface area contributed by atoms with E-state index in [1.165, 1.54) is 6.33 Å². The second-order valence-corrected chi connectivity index (χ2v) is 4.98. The van der Waals surface area contributed by atoms with Crippen LogP contribution in [0.4, 0.5) is 0 Å². The van der Waals surface area contributed by atoms with Gasteiger partial charge in [0.2, 0.25) is 5.88 Å². The first kappa shape index (κ1) is 13.4. The van der Waals surface area contributed by atoms with Gasteiger partial charge in [-0.3, -0.25) is 14.3 Å². The minimum atomic E-state index is -0.219. The highest BCUT2D eigenvalue weighted by Gasteiger charge is 2.08. The Bertz CT molecular complexity index is 880. The van der Waals surface area contributed by atoms with Crippen molar-refractivity contribution in [2.24, 2.45) is 0 Å². The third-order valence-corrected chi connectivity index (χ3v) is 3.29. The fourth-order valence-corrected chi connectivity index (χ4v) is 2.23. The molecule has 0 saturated carbocycles. The van der Waals surface area contributed by atoms with Gasteiger partial charge in [-0.2, -0.15) is 0 Å². The van der Waals surface area contributed by atoms with E-state index in [1.54, 1.807) is 29.2 Å². The molecule has 0 atom stereocenters. The summed E-state index contributed by atoms with van der Waals surface area (Å²) >= 11 is 5.18. The van der Waals surface area contributed by atoms with Gasteiger partial charge in [0.1, 0.15) is 12.1 Å². The molecule has 0 unspecified atom stereocenters. The van der Waals surface area contributed by atoms with Gasteiger partial charge in [-0.05, 0) is 30.8 Å². The maximum Gasteiger partial charge on any atom is 0.255 e. The highest BCUT2D eigenvalue weighted by atomic mass is 32.1. The predicted molar refractivity (Wildman–Crippen MR) is 79.1 cm³/mol. The molecule has 0 aliphatic carbocycles. The quantitative estimate of drug-likeness (QED) is 0.750. The van der Waals surface area contributed by atoms with Crippen LogP contribution in [0.1, 0.15) is 16.9 Å². The van der Waals surface area contributed by atoms with Crippen LogP contribution >= 0.6 is 12.2 Å². The fraction of sp³-hybridized carbons (Fsp3) is 0.143. The molecule has 3 aromatic heterocycles. The van der Waals surface area contributed by atoms with Crippen molar-refractivity contribution in [3.63, 3.8) is 0 Å². The number of rotatable bonds is 3. The number of aryl methyl sites for hydroxylation is 1. The van der Waals surface area contributed by atoms with Gasteiger partial charge >= 0.3 is 0 Å². The van der Waals surface area contributed by atoms with Crippen molar-refractivity contribution < 1.29 is 4.42 Å². The van der Waals surface area contributed by atoms with Crippen LogP contribution in [-0.4, -0.2) is 19.5 Å². The molecule has 6 nitrogen and oxygen atoms in total. The van der Waals surface area contributed by atoms with Crippen molar-refractivity contribution in [1.29, 1.82) is 0 Å². The van der Waals surface area contributed by atoms with Crippen molar-refractivity contribution in [2.75, 3.05) is 0 Å². The third kappa shape index (κ3) is 2.82. The topological polar surface area (TPSA) is 76.7 Å². The van der Waals surface area contributed by atoms with Crippen LogP contribution in [0.25, 0.3) is 5.88 Å². The molecule has 0 fully saturated rings. The number of hydrogen-bond donors (Lipinski definition) is 1. The second-order valence-electron chi connectivity index (χ2n) is 4.59. The lowest BCUT2D eigenvalue weighted by Crippen LogP contribution is -2.17. The molecule has 0 bridgehead atoms. The van der Waals surface area contributed by atoms with Crippen molar-refractivity contribution >= 4 is 12.2 Å². The molecule has 3 aromatic rings. The SMILES string of the molecule is Cc1ccc(-n2cc(Cc3cncnc3)c(=O)[nH]c2=S)o1. The molecule has 7 heteroatoms. The van der Waals surface area contributed by atoms with Crippen molar-refractivity contribution in [3.05, 3.63) is 69.1 Å². The largest absolute Gasteiger partial charge is 0.445 e. The summed E-state index contributed by atoms with van der Waals surface area (Å²) in [6.45, 7) is 1.85. The van der Waals surface area contributed by atoms with Gasteiger partial charge in [0.15, 0.2) is 4.77 Å². The molecule has 3 heterocycles. The number of nitrogens with zero attached hydrogens (tertiary/aromatic N) is 3. The first-order valence-electron chi connectivity index (χ1n) is 6.29. The van der Waals surface area contributed by atoms with Gasteiger partial charge in [-0.25, -0.2) is 9.97 Å². The number of furan rings is 1. The van der Waals surface area contributed by atoms with E-state index in [4.69, 9.17) is 16.6 Å². The summed E-state index contributed by atoms with van der Waals surface area (Å²) in [5.41, 5.74) is 1.19. The first-order valence-corrected chi connectivity index (χ1v) is 6.70. The predicted octanol–water partition coefficient (Wildman–Crippen LogP) is 2.18. The molecule has 3 rings (SSSR count). The Hall–Kier alpha value is -2.54. The van der Waals surface area contributed by atoms with Crippen LogP contribution in [0.15, 0.2) is 46.3 Å². The Kier molecular flexibility index (Phi) is 3.49. The lowest BCUT2D eigenvalue weighted by atomic mass is 10.1. The number of nitrogens with one attached hydrogen (secondary N) is 1. The third-order valence-electron chi connectivity index (χ3n) is 2.99. The molecule has 0 aromatic carbocycles. The molecule has 0 aliphatic rings. The molecular weight excluding hydrogens is 288 g/mol. The average molecular weight is 300 g/mol. The second kappa shape index (κ2) is 5.45. The van der Waals surface area contributed by atoms with Gasteiger partial charge in [-0.1, -0.05) is 0 Å². The minimum absolute atomic E-state index is 0.219. The Labute approximate surface area is 125 Å². The molecule has 0 amide bonds. The van der Waals surface area contributed by atoms with E-state index in [9.17, 15) is 4.79 Å². The highest BCUT2D eigenvalue weighted by molar-refractivity contribution is 7.71. The van der Waals surface area contributed by atoms with E-state index in [2.05, 4.69) is 15.0 Å². The first-order chi connectivity index (χ1) is 10.1. The van der Waals surface area contributed by atoms with Crippen LogP contribution in [0.5, 0.6) is 0 Å². The smallest absolute Gasteiger partial charge is 0.255 e. The van der Waals surface area contributed by atoms with Crippen molar-refractivity contribution in [3.8, 4) is 5.88 Å². The Morgan fingerprint density at radius 3 is 2.76 bits per heavy atom. The normalized spacial score (nSPS) is 10.7. The molecular formula is C14H12N4O2S. The van der Waals surface area contributed by atoms with Crippen LogP contribution in [0.2, 0.25) is 0 Å². The maximum absolute atomic E-state index is 12.0. The zero-order chi connectivity index (χ0) is 14.8. The summed E-state index contributed by atoms with van der Waals surface area (Å²) in [5.74, 6) is 1.34. The molecule has 1 N–H and O–H groups in total. The minimum Gasteiger partial charge on any atom is -0.445 e. The fourth-order valence-electron chi connectivity index (χ4n) is 1.99. The molecule has 0 aliphatic heterocycles. The van der Waals surface area contributed by atoms with Crippen molar-refractivity contribution in [2.45, 2.75) is 13.3 Å². The van der Waals surface area contributed by atoms with Gasteiger partial charge in [0.05, 0.1) is 0 Å². The van der Waals surface area contributed by atoms with Crippen LogP contribution in [0.3, 0.4) is 0 Å². The van der Waals surface area contributed by atoms with Gasteiger partial charge < -0.3 is 4.42 Å². The Morgan fingerprint density at radius 2 is 2.10 bits per heavy atom. The zero-order valence-corrected chi connectivity index (χ0v) is 12.1. The zero-order valence-electron chi connectivity index (χ0n) is 11.2. The summed E-state index contributed by atoms with van der Waals surface area (Å²) in [6.07, 6.45) is 6.91. The van der Waals surface area contributed by atoms with E-state index >= 15 is 0 Å². The van der Waals surface area contributed by atoms with Crippen LogP contribution < -0.4 is 5.56 Å². The lowest BCUT2D eigenvalue weighted by Gasteiger charge is -2.06. The lowest BCUT2D eigenvalue weighted by molar-refractivity contribution is 0.505. The number of hydrogen-bond acceptors (Lipinski definition) is 5. The summed E-state index contributed by atoms with van der Waals surface area (Å²) < 4.78 is 7.48. The van der Waals surface area contributed by atoms with E-state index in [-0.39, 0.29) is 5.56 Å². The number of H-pyrrole nitrogens is 1. The number of aromatic nitrogens is 4. The van der Waals surface area contributed by atoms with E-state index in [0.29, 0.717) is 22.6 Å². The molecule has 0 saturated heterocycles. The van der Waals surface area contributed by atoms with Crippen LogP contribution in [-0.2, 0) is 6.42 Å². The molecule has 0 radical (unpaired) electrons. The monoisotopic (exact) mass is 300 g/mol. The van der Waals surface area contributed by atoms with Crippen molar-refractivity contribution in [1.82, 2.24) is 19.5 Å². The summed E-state index contributed by atoms with van der Waals surface area (Å²) in [5, 5.41) is 0. The average Bonchev–Trinajstić information content (AvgIpc) is 2.89. The summed E-state index contributed by atoms with van der Waals surface area (Å²) in [6, 6.07) is 3.64. The summed E-state index contributed by atoms with van der Waals surface area (Å²) in [7, 11) is 0. The van der Waals surface area contributed by atoms with E-state index < -0.39 is 0 Å². The molecule has 21 heavy (non-hydrogen) atoms. The van der Waals surface area contributed by atoms with Crippen LogP contribution in [0, 0.1) is 11.7 Å². The molecule has 0 spiro atoms. The number of aromatic amines is 1. The van der Waals surface area contributed by atoms with Gasteiger partial charge in [0.25, 0.3) is 5.56 Å². The molecule has 106 valence electrons. The van der Waals surface area contributed by atoms with Gasteiger partial charge in [0, 0.05) is 36.6 Å². The maximum atomic E-state index is 12.0.